The molecule has 0 saturated heterocycles. The fraction of sp³-hybridized carbons (Fsp3) is 0.190. The molecule has 0 amide bonds. The summed E-state index contributed by atoms with van der Waals surface area (Å²) in [6.07, 6.45) is 1.37. The number of ether oxygens (including phenoxy) is 2. The van der Waals surface area contributed by atoms with Crippen molar-refractivity contribution in [2.45, 2.75) is 18.1 Å². The zero-order valence-corrected chi connectivity index (χ0v) is 16.4. The second kappa shape index (κ2) is 7.71. The normalized spacial score (nSPS) is 13.7. The van der Waals surface area contributed by atoms with Crippen LogP contribution in [0.3, 0.4) is 0 Å². The highest BCUT2D eigenvalue weighted by Gasteiger charge is 2.35. The van der Waals surface area contributed by atoms with E-state index in [1.165, 1.54) is 13.2 Å². The number of benzene rings is 2. The van der Waals surface area contributed by atoms with Crippen molar-refractivity contribution in [2.75, 3.05) is 11.8 Å². The highest BCUT2D eigenvalue weighted by Crippen LogP contribution is 2.32. The summed E-state index contributed by atoms with van der Waals surface area (Å²) in [4.78, 5) is 4.36. The van der Waals surface area contributed by atoms with E-state index in [2.05, 4.69) is 9.71 Å². The molecule has 0 radical (unpaired) electrons. The van der Waals surface area contributed by atoms with Crippen LogP contribution in [0.25, 0.3) is 11.3 Å². The van der Waals surface area contributed by atoms with Crippen LogP contribution in [0, 0.1) is 5.82 Å². The third-order valence-electron chi connectivity index (χ3n) is 4.46. The van der Waals surface area contributed by atoms with Gasteiger partial charge < -0.3 is 9.47 Å². The van der Waals surface area contributed by atoms with Gasteiger partial charge in [-0.2, -0.15) is 0 Å². The van der Waals surface area contributed by atoms with Crippen molar-refractivity contribution < 1.29 is 22.3 Å². The van der Waals surface area contributed by atoms with Gasteiger partial charge in [0.25, 0.3) is 0 Å². The van der Waals surface area contributed by atoms with Crippen molar-refractivity contribution in [3.8, 4) is 28.6 Å². The number of anilines is 1. The van der Waals surface area contributed by atoms with Crippen molar-refractivity contribution in [3.63, 3.8) is 0 Å². The van der Waals surface area contributed by atoms with Crippen LogP contribution in [-0.4, -0.2) is 25.8 Å². The summed E-state index contributed by atoms with van der Waals surface area (Å²) in [5.74, 6) is 0.297. The van der Waals surface area contributed by atoms with Gasteiger partial charge in [0.1, 0.15) is 5.75 Å². The van der Waals surface area contributed by atoms with Gasteiger partial charge in [0.2, 0.25) is 15.9 Å². The molecule has 2 aromatic carbocycles. The predicted molar refractivity (Wildman–Crippen MR) is 108 cm³/mol. The summed E-state index contributed by atoms with van der Waals surface area (Å²) in [6, 6.07) is 16.5. The quantitative estimate of drug-likeness (QED) is 0.612. The van der Waals surface area contributed by atoms with E-state index in [0.717, 1.165) is 0 Å². The second-order valence-electron chi connectivity index (χ2n) is 6.66. The Bertz CT molecular complexity index is 1150. The molecule has 1 aliphatic rings. The molecule has 0 atom stereocenters. The molecule has 4 rings (SSSR count). The molecule has 150 valence electrons. The molecule has 0 unspecified atom stereocenters. The van der Waals surface area contributed by atoms with Gasteiger partial charge in [0.15, 0.2) is 11.6 Å². The number of hydrogen-bond donors (Lipinski definition) is 1. The monoisotopic (exact) mass is 414 g/mol. The van der Waals surface area contributed by atoms with E-state index in [4.69, 9.17) is 9.47 Å². The van der Waals surface area contributed by atoms with Crippen LogP contribution in [0.2, 0.25) is 0 Å². The molecule has 3 aromatic rings. The van der Waals surface area contributed by atoms with E-state index in [-0.39, 0.29) is 16.9 Å². The number of pyridine rings is 1. The molecule has 1 N–H and O–H groups in total. The van der Waals surface area contributed by atoms with Crippen LogP contribution in [0.4, 0.5) is 10.1 Å². The smallest absolute Gasteiger partial charge is 0.235 e. The first-order valence-corrected chi connectivity index (χ1v) is 10.6. The first-order chi connectivity index (χ1) is 14.0. The van der Waals surface area contributed by atoms with Gasteiger partial charge in [-0.05, 0) is 43.2 Å². The Labute approximate surface area is 168 Å². The van der Waals surface area contributed by atoms with Gasteiger partial charge >= 0.3 is 0 Å². The third kappa shape index (κ3) is 4.32. The van der Waals surface area contributed by atoms with Crippen LogP contribution in [0.15, 0.2) is 60.7 Å². The van der Waals surface area contributed by atoms with Crippen LogP contribution in [0.5, 0.6) is 17.4 Å². The number of aromatic nitrogens is 1. The summed E-state index contributed by atoms with van der Waals surface area (Å²) in [5.41, 5.74) is 1.11. The minimum atomic E-state index is -3.36. The number of nitrogens with one attached hydrogen (secondary N) is 1. The molecule has 0 bridgehead atoms. The van der Waals surface area contributed by atoms with E-state index in [9.17, 15) is 12.8 Å². The number of nitrogens with zero attached hydrogens (tertiary/aromatic N) is 1. The summed E-state index contributed by atoms with van der Waals surface area (Å²) < 4.78 is 52.1. The molecule has 1 aliphatic carbocycles. The lowest BCUT2D eigenvalue weighted by molar-refractivity contribution is 0.387. The average Bonchev–Trinajstić information content (AvgIpc) is 3.54. The molecule has 8 heteroatoms. The van der Waals surface area contributed by atoms with Gasteiger partial charge in [0.05, 0.1) is 23.7 Å². The van der Waals surface area contributed by atoms with Gasteiger partial charge in [0, 0.05) is 17.7 Å². The fourth-order valence-electron chi connectivity index (χ4n) is 2.86. The largest absolute Gasteiger partial charge is 0.494 e. The summed E-state index contributed by atoms with van der Waals surface area (Å²) in [6.45, 7) is 0. The predicted octanol–water partition coefficient (Wildman–Crippen LogP) is 4.59. The minimum absolute atomic E-state index is 0.131. The Balaban J connectivity index is 1.57. The van der Waals surface area contributed by atoms with E-state index >= 15 is 0 Å². The Hall–Kier alpha value is -3.13. The Kier molecular flexibility index (Phi) is 5.10. The van der Waals surface area contributed by atoms with E-state index in [0.29, 0.717) is 35.5 Å². The molecular formula is C21H19FN2O4S. The molecule has 6 nitrogen and oxygen atoms in total. The van der Waals surface area contributed by atoms with E-state index in [1.807, 2.05) is 0 Å². The number of rotatable bonds is 7. The van der Waals surface area contributed by atoms with Gasteiger partial charge in [-0.15, -0.1) is 0 Å². The second-order valence-corrected chi connectivity index (χ2v) is 8.62. The highest BCUT2D eigenvalue weighted by molar-refractivity contribution is 7.93. The first kappa shape index (κ1) is 19.2. The first-order valence-electron chi connectivity index (χ1n) is 9.06. The Morgan fingerprint density at radius 1 is 1.07 bits per heavy atom. The van der Waals surface area contributed by atoms with Crippen molar-refractivity contribution in [3.05, 3.63) is 66.5 Å². The van der Waals surface area contributed by atoms with Crippen LogP contribution in [-0.2, 0) is 10.0 Å². The topological polar surface area (TPSA) is 77.5 Å². The van der Waals surface area contributed by atoms with Gasteiger partial charge in [-0.3, -0.25) is 4.72 Å². The molecule has 1 aromatic heterocycles. The lowest BCUT2D eigenvalue weighted by atomic mass is 10.1. The van der Waals surface area contributed by atoms with Crippen molar-refractivity contribution >= 4 is 15.7 Å². The molecular weight excluding hydrogens is 395 g/mol. The molecule has 0 spiro atoms. The zero-order valence-electron chi connectivity index (χ0n) is 15.6. The maximum absolute atomic E-state index is 14.5. The molecule has 1 fully saturated rings. The molecule has 1 heterocycles. The van der Waals surface area contributed by atoms with Gasteiger partial charge in [-0.1, -0.05) is 18.2 Å². The van der Waals surface area contributed by atoms with Crippen LogP contribution in [0.1, 0.15) is 12.8 Å². The molecule has 1 saturated carbocycles. The lowest BCUT2D eigenvalue weighted by Crippen LogP contribution is -2.17. The maximum Gasteiger partial charge on any atom is 0.235 e. The zero-order chi connectivity index (χ0) is 20.4. The van der Waals surface area contributed by atoms with Gasteiger partial charge in [-0.25, -0.2) is 17.8 Å². The van der Waals surface area contributed by atoms with Crippen LogP contribution < -0.4 is 14.2 Å². The van der Waals surface area contributed by atoms with E-state index in [1.54, 1.807) is 54.6 Å². The number of methoxy groups -OCH3 is 1. The van der Waals surface area contributed by atoms with Crippen molar-refractivity contribution in [1.82, 2.24) is 4.98 Å². The standard InChI is InChI=1S/C21H19FN2O4S/c1-27-19-9-3-7-17(21(19)22)18-8-4-10-20(23-18)28-15-6-2-5-14(13-15)24-29(25,26)16-11-12-16/h2-10,13,16,24H,11-12H2,1H3. The third-order valence-corrected chi connectivity index (χ3v) is 6.33. The SMILES string of the molecule is COc1cccc(-c2cccc(Oc3cccc(NS(=O)(=O)C4CC4)c3)n2)c1F. The average molecular weight is 414 g/mol. The maximum atomic E-state index is 14.5. The minimum Gasteiger partial charge on any atom is -0.494 e. The highest BCUT2D eigenvalue weighted by atomic mass is 32.2. The van der Waals surface area contributed by atoms with Crippen molar-refractivity contribution in [2.24, 2.45) is 0 Å². The number of sulfonamides is 1. The number of halogens is 1. The lowest BCUT2D eigenvalue weighted by Gasteiger charge is -2.11. The summed E-state index contributed by atoms with van der Waals surface area (Å²) in [7, 11) is -1.96. The number of hydrogen-bond acceptors (Lipinski definition) is 5. The summed E-state index contributed by atoms with van der Waals surface area (Å²) >= 11 is 0. The molecule has 29 heavy (non-hydrogen) atoms. The van der Waals surface area contributed by atoms with E-state index < -0.39 is 15.8 Å². The summed E-state index contributed by atoms with van der Waals surface area (Å²) in [5, 5.41) is -0.316. The Morgan fingerprint density at radius 2 is 1.83 bits per heavy atom. The van der Waals surface area contributed by atoms with Crippen molar-refractivity contribution in [1.29, 1.82) is 0 Å². The Morgan fingerprint density at radius 3 is 2.59 bits per heavy atom. The van der Waals surface area contributed by atoms with Crippen LogP contribution >= 0.6 is 0 Å². The molecule has 0 aliphatic heterocycles. The fourth-order valence-corrected chi connectivity index (χ4v) is 4.24.